The first-order chi connectivity index (χ1) is 9.49. The Hall–Kier alpha value is -2.44. The van der Waals surface area contributed by atoms with Crippen LogP contribution in [-0.4, -0.2) is 36.1 Å². The van der Waals surface area contributed by atoms with Crippen LogP contribution in [0, 0.1) is 12.7 Å². The standard InChI is InChI=1S/C13H17FN6/c1-8-5-6-9(14)7-10(8)16-12-17-11(15-2)18-13(19-12)20(3)4/h5-7H,1-4H3,(H2,15,16,17,18,19). The second kappa shape index (κ2) is 5.68. The first-order valence-corrected chi connectivity index (χ1v) is 6.14. The predicted octanol–water partition coefficient (Wildman–Crippen LogP) is 2.17. The summed E-state index contributed by atoms with van der Waals surface area (Å²) < 4.78 is 13.3. The Bertz CT molecular complexity index is 614. The van der Waals surface area contributed by atoms with Crippen molar-refractivity contribution in [2.24, 2.45) is 0 Å². The number of aryl methyl sites for hydroxylation is 1. The van der Waals surface area contributed by atoms with E-state index in [0.717, 1.165) is 5.56 Å². The second-order valence-corrected chi connectivity index (χ2v) is 4.51. The van der Waals surface area contributed by atoms with Crippen molar-refractivity contribution >= 4 is 23.5 Å². The monoisotopic (exact) mass is 276 g/mol. The highest BCUT2D eigenvalue weighted by atomic mass is 19.1. The molecule has 106 valence electrons. The molecule has 0 spiro atoms. The fourth-order valence-electron chi connectivity index (χ4n) is 1.58. The quantitative estimate of drug-likeness (QED) is 0.892. The molecule has 7 heteroatoms. The zero-order chi connectivity index (χ0) is 14.7. The van der Waals surface area contributed by atoms with Gasteiger partial charge in [-0.15, -0.1) is 0 Å². The third-order valence-electron chi connectivity index (χ3n) is 2.69. The Morgan fingerprint density at radius 1 is 1.10 bits per heavy atom. The zero-order valence-corrected chi connectivity index (χ0v) is 11.9. The number of hydrogen-bond donors (Lipinski definition) is 2. The topological polar surface area (TPSA) is 66.0 Å². The van der Waals surface area contributed by atoms with E-state index in [4.69, 9.17) is 0 Å². The molecular formula is C13H17FN6. The van der Waals surface area contributed by atoms with E-state index >= 15 is 0 Å². The molecule has 0 bridgehead atoms. The summed E-state index contributed by atoms with van der Waals surface area (Å²) in [6.07, 6.45) is 0. The maximum Gasteiger partial charge on any atom is 0.233 e. The molecule has 0 aliphatic carbocycles. The van der Waals surface area contributed by atoms with E-state index in [1.54, 1.807) is 18.0 Å². The summed E-state index contributed by atoms with van der Waals surface area (Å²) >= 11 is 0. The number of anilines is 4. The number of rotatable bonds is 4. The van der Waals surface area contributed by atoms with Gasteiger partial charge < -0.3 is 15.5 Å². The highest BCUT2D eigenvalue weighted by Crippen LogP contribution is 2.21. The van der Waals surface area contributed by atoms with Crippen LogP contribution in [0.2, 0.25) is 0 Å². The number of hydrogen-bond acceptors (Lipinski definition) is 6. The van der Waals surface area contributed by atoms with E-state index in [0.29, 0.717) is 23.5 Å². The minimum atomic E-state index is -0.311. The predicted molar refractivity (Wildman–Crippen MR) is 78.1 cm³/mol. The Morgan fingerprint density at radius 2 is 1.80 bits per heavy atom. The van der Waals surface area contributed by atoms with Crippen molar-refractivity contribution in [3.63, 3.8) is 0 Å². The first-order valence-electron chi connectivity index (χ1n) is 6.14. The highest BCUT2D eigenvalue weighted by molar-refractivity contribution is 5.59. The molecule has 1 aromatic carbocycles. The SMILES string of the molecule is CNc1nc(Nc2cc(F)ccc2C)nc(N(C)C)n1. The van der Waals surface area contributed by atoms with Gasteiger partial charge in [0.1, 0.15) is 5.82 Å². The highest BCUT2D eigenvalue weighted by Gasteiger charge is 2.09. The van der Waals surface area contributed by atoms with Crippen LogP contribution in [0.1, 0.15) is 5.56 Å². The molecule has 0 atom stereocenters. The number of nitrogens with zero attached hydrogens (tertiary/aromatic N) is 4. The van der Waals surface area contributed by atoms with Gasteiger partial charge in [0.05, 0.1) is 0 Å². The zero-order valence-electron chi connectivity index (χ0n) is 11.9. The van der Waals surface area contributed by atoms with E-state index in [2.05, 4.69) is 25.6 Å². The maximum absolute atomic E-state index is 13.3. The average Bonchev–Trinajstić information content (AvgIpc) is 2.42. The molecule has 0 amide bonds. The lowest BCUT2D eigenvalue weighted by molar-refractivity contribution is 0.628. The minimum absolute atomic E-state index is 0.311. The van der Waals surface area contributed by atoms with Gasteiger partial charge in [0.25, 0.3) is 0 Å². The molecule has 0 unspecified atom stereocenters. The molecular weight excluding hydrogens is 259 g/mol. The Kier molecular flexibility index (Phi) is 3.97. The molecule has 0 aliphatic rings. The molecule has 0 saturated heterocycles. The molecule has 1 aromatic heterocycles. The summed E-state index contributed by atoms with van der Waals surface area (Å²) in [6.45, 7) is 1.88. The van der Waals surface area contributed by atoms with Gasteiger partial charge in [-0.2, -0.15) is 15.0 Å². The fourth-order valence-corrected chi connectivity index (χ4v) is 1.58. The van der Waals surface area contributed by atoms with E-state index < -0.39 is 0 Å². The van der Waals surface area contributed by atoms with Crippen LogP contribution in [-0.2, 0) is 0 Å². The normalized spacial score (nSPS) is 10.2. The summed E-state index contributed by atoms with van der Waals surface area (Å²) in [5.74, 6) is 1.01. The fraction of sp³-hybridized carbons (Fsp3) is 0.308. The van der Waals surface area contributed by atoms with Gasteiger partial charge in [-0.25, -0.2) is 4.39 Å². The van der Waals surface area contributed by atoms with E-state index in [1.807, 2.05) is 21.0 Å². The molecule has 0 fully saturated rings. The number of aromatic nitrogens is 3. The van der Waals surface area contributed by atoms with Crippen LogP contribution in [0.15, 0.2) is 18.2 Å². The minimum Gasteiger partial charge on any atom is -0.357 e. The van der Waals surface area contributed by atoms with E-state index in [-0.39, 0.29) is 5.82 Å². The molecule has 2 aromatic rings. The van der Waals surface area contributed by atoms with Crippen molar-refractivity contribution in [2.45, 2.75) is 6.92 Å². The molecule has 0 radical (unpaired) electrons. The average molecular weight is 276 g/mol. The molecule has 2 rings (SSSR count). The number of nitrogens with one attached hydrogen (secondary N) is 2. The van der Waals surface area contributed by atoms with Gasteiger partial charge in [-0.3, -0.25) is 0 Å². The Balaban J connectivity index is 2.37. The summed E-state index contributed by atoms with van der Waals surface area (Å²) in [5, 5.41) is 5.89. The lowest BCUT2D eigenvalue weighted by Gasteiger charge is -2.14. The van der Waals surface area contributed by atoms with Gasteiger partial charge in [0.2, 0.25) is 17.8 Å². The Labute approximate surface area is 117 Å². The van der Waals surface area contributed by atoms with Crippen LogP contribution < -0.4 is 15.5 Å². The van der Waals surface area contributed by atoms with Gasteiger partial charge in [0, 0.05) is 26.8 Å². The summed E-state index contributed by atoms with van der Waals surface area (Å²) in [6, 6.07) is 4.52. The molecule has 0 saturated carbocycles. The summed E-state index contributed by atoms with van der Waals surface area (Å²) in [4.78, 5) is 14.5. The molecule has 20 heavy (non-hydrogen) atoms. The molecule has 6 nitrogen and oxygen atoms in total. The van der Waals surface area contributed by atoms with E-state index in [9.17, 15) is 4.39 Å². The second-order valence-electron chi connectivity index (χ2n) is 4.51. The lowest BCUT2D eigenvalue weighted by Crippen LogP contribution is -2.15. The largest absolute Gasteiger partial charge is 0.357 e. The van der Waals surface area contributed by atoms with Crippen LogP contribution in [0.3, 0.4) is 0 Å². The molecule has 1 heterocycles. The van der Waals surface area contributed by atoms with Gasteiger partial charge in [-0.1, -0.05) is 6.07 Å². The lowest BCUT2D eigenvalue weighted by atomic mass is 10.2. The third kappa shape index (κ3) is 3.11. The van der Waals surface area contributed by atoms with Crippen LogP contribution in [0.4, 0.5) is 27.9 Å². The summed E-state index contributed by atoms with van der Waals surface area (Å²) in [5.41, 5.74) is 1.53. The third-order valence-corrected chi connectivity index (χ3v) is 2.69. The smallest absolute Gasteiger partial charge is 0.233 e. The van der Waals surface area contributed by atoms with Crippen molar-refractivity contribution in [3.05, 3.63) is 29.6 Å². The number of benzene rings is 1. The first kappa shape index (κ1) is 14.0. The maximum atomic E-state index is 13.3. The van der Waals surface area contributed by atoms with Crippen LogP contribution >= 0.6 is 0 Å². The van der Waals surface area contributed by atoms with Crippen molar-refractivity contribution < 1.29 is 4.39 Å². The van der Waals surface area contributed by atoms with Crippen molar-refractivity contribution in [2.75, 3.05) is 36.7 Å². The van der Waals surface area contributed by atoms with E-state index in [1.165, 1.54) is 12.1 Å². The van der Waals surface area contributed by atoms with Crippen molar-refractivity contribution in [1.82, 2.24) is 15.0 Å². The molecule has 2 N–H and O–H groups in total. The van der Waals surface area contributed by atoms with Crippen LogP contribution in [0.25, 0.3) is 0 Å². The summed E-state index contributed by atoms with van der Waals surface area (Å²) in [7, 11) is 5.41. The van der Waals surface area contributed by atoms with Gasteiger partial charge >= 0.3 is 0 Å². The van der Waals surface area contributed by atoms with Gasteiger partial charge in [0.15, 0.2) is 0 Å². The molecule has 0 aliphatic heterocycles. The van der Waals surface area contributed by atoms with Crippen molar-refractivity contribution in [1.29, 1.82) is 0 Å². The number of halogens is 1. The van der Waals surface area contributed by atoms with Crippen molar-refractivity contribution in [3.8, 4) is 0 Å². The Morgan fingerprint density at radius 3 is 2.45 bits per heavy atom. The van der Waals surface area contributed by atoms with Crippen LogP contribution in [0.5, 0.6) is 0 Å². The van der Waals surface area contributed by atoms with Gasteiger partial charge in [-0.05, 0) is 24.6 Å².